The molecule has 8 amide bonds. The zero-order chi connectivity index (χ0) is 26.7. The van der Waals surface area contributed by atoms with Gasteiger partial charge in [-0.15, -0.1) is 0 Å². The highest BCUT2D eigenvalue weighted by Gasteiger charge is 2.29. The van der Waals surface area contributed by atoms with Crippen molar-refractivity contribution in [2.75, 3.05) is 32.7 Å². The van der Waals surface area contributed by atoms with Crippen LogP contribution in [0.25, 0.3) is 0 Å². The Morgan fingerprint density at radius 1 is 0.778 bits per heavy atom. The van der Waals surface area contributed by atoms with E-state index in [1.807, 2.05) is 0 Å². The fourth-order valence-electron chi connectivity index (χ4n) is 3.47. The van der Waals surface area contributed by atoms with Crippen LogP contribution in [0.5, 0.6) is 0 Å². The lowest BCUT2D eigenvalue weighted by Gasteiger charge is -2.22. The number of imide groups is 2. The van der Waals surface area contributed by atoms with E-state index in [0.717, 1.165) is 22.0 Å². The van der Waals surface area contributed by atoms with Gasteiger partial charge in [0.05, 0.1) is 19.6 Å². The number of carbonyl (C=O) groups excluding carboxylic acids is 8. The first-order valence-corrected chi connectivity index (χ1v) is 11.5. The van der Waals surface area contributed by atoms with Gasteiger partial charge in [0.15, 0.2) is 0 Å². The second-order valence-electron chi connectivity index (χ2n) is 8.24. The summed E-state index contributed by atoms with van der Waals surface area (Å²) in [7, 11) is 0. The van der Waals surface area contributed by atoms with Crippen molar-refractivity contribution in [3.8, 4) is 0 Å². The Morgan fingerprint density at radius 2 is 1.25 bits per heavy atom. The highest BCUT2D eigenvalue weighted by Crippen LogP contribution is 2.13. The van der Waals surface area contributed by atoms with Crippen molar-refractivity contribution >= 4 is 47.3 Å². The van der Waals surface area contributed by atoms with E-state index in [1.54, 1.807) is 6.92 Å². The molecule has 4 N–H and O–H groups in total. The first-order chi connectivity index (χ1) is 17.1. The Bertz CT molecular complexity index is 928. The quantitative estimate of drug-likeness (QED) is 0.142. The van der Waals surface area contributed by atoms with Gasteiger partial charge in [0.2, 0.25) is 35.4 Å². The third-order valence-corrected chi connectivity index (χ3v) is 5.45. The highest BCUT2D eigenvalue weighted by atomic mass is 16.2. The normalized spacial score (nSPS) is 15.8. The minimum atomic E-state index is -0.615. The first kappa shape index (κ1) is 28.1. The predicted molar refractivity (Wildman–Crippen MR) is 122 cm³/mol. The van der Waals surface area contributed by atoms with Crippen LogP contribution in [0, 0.1) is 0 Å². The molecule has 0 aromatic heterocycles. The Hall–Kier alpha value is -4.10. The molecule has 36 heavy (non-hydrogen) atoms. The molecule has 2 aliphatic rings. The molecular weight excluding hydrogens is 476 g/mol. The molecule has 0 aliphatic carbocycles. The van der Waals surface area contributed by atoms with Gasteiger partial charge in [-0.25, -0.2) is 0 Å². The fourth-order valence-corrected chi connectivity index (χ4v) is 3.47. The molecule has 0 spiro atoms. The van der Waals surface area contributed by atoms with Gasteiger partial charge >= 0.3 is 0 Å². The molecule has 1 atom stereocenters. The standard InChI is InChI=1S/C22H30N6O8/c1-14(28-21(35)7-8-22(28)36)3-4-15(29)24-12-17(31)26-13-18(32)25-11-16(30)23-9-2-10-27-19(33)5-6-20(27)34/h7-8,14H,2-6,9-13H2,1H3,(H,23,30)(H,24,29)(H,25,32)(H,26,31). The Morgan fingerprint density at radius 3 is 1.78 bits per heavy atom. The van der Waals surface area contributed by atoms with Crippen LogP contribution in [-0.4, -0.2) is 95.8 Å². The van der Waals surface area contributed by atoms with Crippen molar-refractivity contribution in [2.45, 2.75) is 45.1 Å². The summed E-state index contributed by atoms with van der Waals surface area (Å²) in [5, 5.41) is 9.56. The van der Waals surface area contributed by atoms with E-state index in [2.05, 4.69) is 21.3 Å². The molecule has 14 nitrogen and oxygen atoms in total. The molecule has 14 heteroatoms. The summed E-state index contributed by atoms with van der Waals surface area (Å²) in [6.45, 7) is 1.00. The van der Waals surface area contributed by atoms with Crippen molar-refractivity contribution < 1.29 is 38.4 Å². The molecule has 0 aromatic carbocycles. The van der Waals surface area contributed by atoms with E-state index in [0.29, 0.717) is 6.42 Å². The number of nitrogens with zero attached hydrogens (tertiary/aromatic N) is 2. The van der Waals surface area contributed by atoms with Crippen molar-refractivity contribution in [1.29, 1.82) is 0 Å². The molecule has 0 bridgehead atoms. The fraction of sp³-hybridized carbons (Fsp3) is 0.545. The average molecular weight is 507 g/mol. The number of hydrogen-bond acceptors (Lipinski definition) is 8. The smallest absolute Gasteiger partial charge is 0.253 e. The van der Waals surface area contributed by atoms with E-state index < -0.39 is 48.0 Å². The van der Waals surface area contributed by atoms with Crippen molar-refractivity contribution in [3.05, 3.63) is 12.2 Å². The topological polar surface area (TPSA) is 191 Å². The summed E-state index contributed by atoms with van der Waals surface area (Å²) in [4.78, 5) is 95.7. The summed E-state index contributed by atoms with van der Waals surface area (Å²) in [6.07, 6.45) is 3.36. The lowest BCUT2D eigenvalue weighted by Crippen LogP contribution is -2.44. The largest absolute Gasteiger partial charge is 0.355 e. The summed E-state index contributed by atoms with van der Waals surface area (Å²) < 4.78 is 0. The number of likely N-dealkylation sites (tertiary alicyclic amines) is 1. The number of nitrogens with one attached hydrogen (secondary N) is 4. The van der Waals surface area contributed by atoms with Crippen LogP contribution >= 0.6 is 0 Å². The molecule has 0 radical (unpaired) electrons. The molecule has 0 aromatic rings. The summed E-state index contributed by atoms with van der Waals surface area (Å²) >= 11 is 0. The van der Waals surface area contributed by atoms with Gasteiger partial charge in [-0.3, -0.25) is 48.2 Å². The van der Waals surface area contributed by atoms with Crippen LogP contribution < -0.4 is 21.3 Å². The van der Waals surface area contributed by atoms with Gasteiger partial charge in [0, 0.05) is 50.5 Å². The number of amides is 8. The van der Waals surface area contributed by atoms with Crippen LogP contribution in [0.4, 0.5) is 0 Å². The first-order valence-electron chi connectivity index (χ1n) is 11.5. The molecule has 1 saturated heterocycles. The van der Waals surface area contributed by atoms with Crippen LogP contribution in [0.3, 0.4) is 0 Å². The van der Waals surface area contributed by atoms with Gasteiger partial charge in [-0.1, -0.05) is 0 Å². The summed E-state index contributed by atoms with van der Waals surface area (Å²) in [5.41, 5.74) is 0. The number of hydrogen-bond donors (Lipinski definition) is 4. The van der Waals surface area contributed by atoms with Gasteiger partial charge < -0.3 is 21.3 Å². The van der Waals surface area contributed by atoms with Gasteiger partial charge in [-0.05, 0) is 19.8 Å². The molecular formula is C22H30N6O8. The number of rotatable bonds is 14. The van der Waals surface area contributed by atoms with Crippen LogP contribution in [-0.2, 0) is 38.4 Å². The van der Waals surface area contributed by atoms with E-state index in [-0.39, 0.29) is 63.7 Å². The second-order valence-corrected chi connectivity index (χ2v) is 8.24. The molecule has 2 heterocycles. The monoisotopic (exact) mass is 506 g/mol. The molecule has 1 fully saturated rings. The number of carbonyl (C=O) groups is 8. The van der Waals surface area contributed by atoms with Crippen molar-refractivity contribution in [3.63, 3.8) is 0 Å². The van der Waals surface area contributed by atoms with E-state index in [1.165, 1.54) is 0 Å². The third-order valence-electron chi connectivity index (χ3n) is 5.45. The zero-order valence-electron chi connectivity index (χ0n) is 20.0. The molecule has 1 unspecified atom stereocenters. The highest BCUT2D eigenvalue weighted by molar-refractivity contribution is 6.13. The molecule has 2 aliphatic heterocycles. The Labute approximate surface area is 207 Å². The lowest BCUT2D eigenvalue weighted by atomic mass is 10.1. The minimum absolute atomic E-state index is 0.00818. The second kappa shape index (κ2) is 13.7. The van der Waals surface area contributed by atoms with Gasteiger partial charge in [0.1, 0.15) is 0 Å². The maximum atomic E-state index is 11.9. The van der Waals surface area contributed by atoms with Crippen molar-refractivity contribution in [1.82, 2.24) is 31.1 Å². The van der Waals surface area contributed by atoms with Gasteiger partial charge in [-0.2, -0.15) is 0 Å². The Kier molecular flexibility index (Phi) is 10.7. The zero-order valence-corrected chi connectivity index (χ0v) is 20.0. The third kappa shape index (κ3) is 8.92. The van der Waals surface area contributed by atoms with E-state index >= 15 is 0 Å². The maximum absolute atomic E-state index is 11.9. The van der Waals surface area contributed by atoms with Gasteiger partial charge in [0.25, 0.3) is 11.8 Å². The van der Waals surface area contributed by atoms with Crippen molar-refractivity contribution in [2.24, 2.45) is 0 Å². The predicted octanol–water partition coefficient (Wildman–Crippen LogP) is -2.92. The molecule has 2 rings (SSSR count). The average Bonchev–Trinajstić information content (AvgIpc) is 3.35. The van der Waals surface area contributed by atoms with Crippen LogP contribution in [0.15, 0.2) is 12.2 Å². The van der Waals surface area contributed by atoms with E-state index in [9.17, 15) is 38.4 Å². The molecule has 0 saturated carbocycles. The lowest BCUT2D eigenvalue weighted by molar-refractivity contribution is -0.140. The Balaban J connectivity index is 1.50. The van der Waals surface area contributed by atoms with Crippen LogP contribution in [0.1, 0.15) is 39.0 Å². The van der Waals surface area contributed by atoms with E-state index in [4.69, 9.17) is 0 Å². The summed E-state index contributed by atoms with van der Waals surface area (Å²) in [6, 6.07) is -0.473. The maximum Gasteiger partial charge on any atom is 0.253 e. The SMILES string of the molecule is CC(CCC(=O)NCC(=O)NCC(=O)NCC(=O)NCCCN1C(=O)CCC1=O)N1C(=O)C=CC1=O. The van der Waals surface area contributed by atoms with Crippen LogP contribution in [0.2, 0.25) is 0 Å². The molecule has 196 valence electrons. The summed E-state index contributed by atoms with van der Waals surface area (Å²) in [5.74, 6) is -3.46. The minimum Gasteiger partial charge on any atom is -0.355 e.